The number of carbonyl (C=O) groups is 2. The molecule has 4 rings (SSSR count). The molecule has 10 nitrogen and oxygen atoms in total. The van der Waals surface area contributed by atoms with Gasteiger partial charge in [-0.3, -0.25) is 14.9 Å². The Bertz CT molecular complexity index is 1270. The smallest absolute Gasteiger partial charge is 0.330 e. The summed E-state index contributed by atoms with van der Waals surface area (Å²) >= 11 is 0. The molecule has 34 heavy (non-hydrogen) atoms. The second-order valence-corrected chi connectivity index (χ2v) is 7.96. The van der Waals surface area contributed by atoms with E-state index in [1.807, 2.05) is 29.7 Å². The molecule has 3 heterocycles. The number of piperazine rings is 1. The summed E-state index contributed by atoms with van der Waals surface area (Å²) in [7, 11) is 0. The predicted octanol–water partition coefficient (Wildman–Crippen LogP) is 3.09. The highest BCUT2D eigenvalue weighted by Gasteiger charge is 2.25. The Balaban J connectivity index is 1.46. The number of rotatable bonds is 6. The van der Waals surface area contributed by atoms with E-state index < -0.39 is 10.9 Å². The minimum absolute atomic E-state index is 0.0970. The number of nitrogens with zero attached hydrogens (tertiary/aromatic N) is 5. The Labute approximate surface area is 196 Å². The molecule has 1 aromatic carbocycles. The number of aryl methyl sites for hydroxylation is 1. The summed E-state index contributed by atoms with van der Waals surface area (Å²) in [5.41, 5.74) is 3.21. The topological polar surface area (TPSA) is 110 Å². The monoisotopic (exact) mass is 463 g/mol. The van der Waals surface area contributed by atoms with Crippen LogP contribution in [0.2, 0.25) is 0 Å². The standard InChI is InChI=1S/C24H25N5O5/c1-3-34-23(30)7-4-18-15-19(5-6-21(18)29(32)33)26-10-12-27(13-11-26)24(31)20-16-28-9-8-17(2)14-22(28)25-20/h4-9,14-16H,3,10-13H2,1-2H3. The molecule has 10 heteroatoms. The van der Waals surface area contributed by atoms with Crippen molar-refractivity contribution >= 4 is 35.0 Å². The molecule has 1 amide bonds. The van der Waals surface area contributed by atoms with E-state index in [2.05, 4.69) is 9.88 Å². The highest BCUT2D eigenvalue weighted by atomic mass is 16.6. The number of benzene rings is 1. The van der Waals surface area contributed by atoms with Crippen molar-refractivity contribution in [1.29, 1.82) is 0 Å². The summed E-state index contributed by atoms with van der Waals surface area (Å²) in [6.45, 7) is 6.02. The van der Waals surface area contributed by atoms with Gasteiger partial charge >= 0.3 is 5.97 Å². The van der Waals surface area contributed by atoms with E-state index in [-0.39, 0.29) is 18.2 Å². The zero-order chi connectivity index (χ0) is 24.2. The van der Waals surface area contributed by atoms with Gasteiger partial charge in [-0.15, -0.1) is 0 Å². The molecular formula is C24H25N5O5. The first-order valence-corrected chi connectivity index (χ1v) is 11.0. The lowest BCUT2D eigenvalue weighted by Crippen LogP contribution is -2.48. The number of pyridine rings is 1. The molecule has 0 unspecified atom stereocenters. The van der Waals surface area contributed by atoms with Gasteiger partial charge in [-0.1, -0.05) is 0 Å². The van der Waals surface area contributed by atoms with Crippen LogP contribution >= 0.6 is 0 Å². The van der Waals surface area contributed by atoms with E-state index in [9.17, 15) is 19.7 Å². The second-order valence-electron chi connectivity index (χ2n) is 7.96. The van der Waals surface area contributed by atoms with Crippen molar-refractivity contribution in [3.05, 3.63) is 75.7 Å². The maximum Gasteiger partial charge on any atom is 0.330 e. The molecular weight excluding hydrogens is 438 g/mol. The van der Waals surface area contributed by atoms with Gasteiger partial charge in [-0.05, 0) is 49.8 Å². The molecule has 0 aliphatic carbocycles. The van der Waals surface area contributed by atoms with E-state index in [0.717, 1.165) is 16.9 Å². The molecule has 0 atom stereocenters. The Kier molecular flexibility index (Phi) is 6.58. The fourth-order valence-electron chi connectivity index (χ4n) is 3.90. The highest BCUT2D eigenvalue weighted by molar-refractivity contribution is 5.93. The van der Waals surface area contributed by atoms with Crippen LogP contribution in [0.3, 0.4) is 0 Å². The number of imidazole rings is 1. The van der Waals surface area contributed by atoms with Crippen LogP contribution in [0.5, 0.6) is 0 Å². The van der Waals surface area contributed by atoms with Crippen molar-refractivity contribution in [1.82, 2.24) is 14.3 Å². The molecule has 0 saturated carbocycles. The molecule has 1 saturated heterocycles. The summed E-state index contributed by atoms with van der Waals surface area (Å²) in [6, 6.07) is 8.67. The third-order valence-electron chi connectivity index (χ3n) is 5.66. The highest BCUT2D eigenvalue weighted by Crippen LogP contribution is 2.27. The first-order valence-electron chi connectivity index (χ1n) is 11.0. The van der Waals surface area contributed by atoms with Crippen LogP contribution in [0.4, 0.5) is 11.4 Å². The largest absolute Gasteiger partial charge is 0.463 e. The van der Waals surface area contributed by atoms with Gasteiger partial charge in [0.25, 0.3) is 11.6 Å². The molecule has 1 aliphatic rings. The van der Waals surface area contributed by atoms with Crippen molar-refractivity contribution in [3.8, 4) is 0 Å². The van der Waals surface area contributed by atoms with Crippen molar-refractivity contribution in [2.24, 2.45) is 0 Å². The van der Waals surface area contributed by atoms with E-state index in [1.54, 1.807) is 30.2 Å². The first kappa shape index (κ1) is 23.0. The van der Waals surface area contributed by atoms with Gasteiger partial charge in [0.15, 0.2) is 0 Å². The molecule has 0 N–H and O–H groups in total. The number of aromatic nitrogens is 2. The fourth-order valence-corrected chi connectivity index (χ4v) is 3.90. The number of anilines is 1. The van der Waals surface area contributed by atoms with Crippen LogP contribution in [0.1, 0.15) is 28.5 Å². The molecule has 1 fully saturated rings. The van der Waals surface area contributed by atoms with E-state index in [1.165, 1.54) is 18.2 Å². The summed E-state index contributed by atoms with van der Waals surface area (Å²) in [5, 5.41) is 11.4. The number of nitro benzene ring substituents is 1. The van der Waals surface area contributed by atoms with Gasteiger partial charge < -0.3 is 18.9 Å². The molecule has 3 aromatic rings. The molecule has 1 aliphatic heterocycles. The third-order valence-corrected chi connectivity index (χ3v) is 5.66. The lowest BCUT2D eigenvalue weighted by molar-refractivity contribution is -0.385. The fraction of sp³-hybridized carbons (Fsp3) is 0.292. The molecule has 2 aromatic heterocycles. The molecule has 0 radical (unpaired) electrons. The van der Waals surface area contributed by atoms with Gasteiger partial charge in [0.2, 0.25) is 0 Å². The van der Waals surface area contributed by atoms with Crippen molar-refractivity contribution in [2.75, 3.05) is 37.7 Å². The number of esters is 1. The summed E-state index contributed by atoms with van der Waals surface area (Å²) in [6.07, 6.45) is 6.20. The Morgan fingerprint density at radius 2 is 1.94 bits per heavy atom. The zero-order valence-electron chi connectivity index (χ0n) is 19.0. The maximum atomic E-state index is 13.0. The lowest BCUT2D eigenvalue weighted by Gasteiger charge is -2.35. The maximum absolute atomic E-state index is 13.0. The quantitative estimate of drug-likeness (QED) is 0.239. The van der Waals surface area contributed by atoms with Crippen molar-refractivity contribution < 1.29 is 19.2 Å². The summed E-state index contributed by atoms with van der Waals surface area (Å²) in [5.74, 6) is -0.681. The molecule has 0 spiro atoms. The predicted molar refractivity (Wildman–Crippen MR) is 127 cm³/mol. The van der Waals surface area contributed by atoms with Crippen LogP contribution in [0, 0.1) is 17.0 Å². The minimum atomic E-state index is -0.559. The Morgan fingerprint density at radius 1 is 1.18 bits per heavy atom. The van der Waals surface area contributed by atoms with Gasteiger partial charge in [0, 0.05) is 56.4 Å². The number of ether oxygens (including phenoxy) is 1. The van der Waals surface area contributed by atoms with E-state index >= 15 is 0 Å². The van der Waals surface area contributed by atoms with Crippen LogP contribution < -0.4 is 4.90 Å². The van der Waals surface area contributed by atoms with Crippen LogP contribution in [-0.2, 0) is 9.53 Å². The number of fused-ring (bicyclic) bond motifs is 1. The first-order chi connectivity index (χ1) is 16.4. The van der Waals surface area contributed by atoms with Crippen LogP contribution in [0.25, 0.3) is 11.7 Å². The normalized spacial score (nSPS) is 14.1. The average Bonchev–Trinajstić information content (AvgIpc) is 3.25. The van der Waals surface area contributed by atoms with Crippen molar-refractivity contribution in [2.45, 2.75) is 13.8 Å². The summed E-state index contributed by atoms with van der Waals surface area (Å²) in [4.78, 5) is 43.8. The number of hydrogen-bond donors (Lipinski definition) is 0. The average molecular weight is 463 g/mol. The number of hydrogen-bond acceptors (Lipinski definition) is 7. The second kappa shape index (κ2) is 9.74. The number of nitro groups is 1. The van der Waals surface area contributed by atoms with Gasteiger partial charge in [0.1, 0.15) is 11.3 Å². The van der Waals surface area contributed by atoms with Gasteiger partial charge in [-0.2, -0.15) is 0 Å². The van der Waals surface area contributed by atoms with Crippen molar-refractivity contribution in [3.63, 3.8) is 0 Å². The third kappa shape index (κ3) is 4.90. The van der Waals surface area contributed by atoms with Crippen LogP contribution in [-0.4, -0.2) is 63.9 Å². The Hall–Kier alpha value is -4.21. The van der Waals surface area contributed by atoms with E-state index in [0.29, 0.717) is 37.4 Å². The SMILES string of the molecule is CCOC(=O)C=Cc1cc(N2CCN(C(=O)c3cn4ccc(C)cc4n3)CC2)ccc1[N+](=O)[O-]. The Morgan fingerprint density at radius 3 is 2.65 bits per heavy atom. The number of carbonyl (C=O) groups excluding carboxylic acids is 2. The van der Waals surface area contributed by atoms with Gasteiger partial charge in [-0.25, -0.2) is 9.78 Å². The lowest BCUT2D eigenvalue weighted by atomic mass is 10.1. The zero-order valence-corrected chi connectivity index (χ0v) is 19.0. The molecule has 0 bridgehead atoms. The van der Waals surface area contributed by atoms with E-state index in [4.69, 9.17) is 4.74 Å². The summed E-state index contributed by atoms with van der Waals surface area (Å²) < 4.78 is 6.69. The van der Waals surface area contributed by atoms with Gasteiger partial charge in [0.05, 0.1) is 17.1 Å². The van der Waals surface area contributed by atoms with Crippen LogP contribution in [0.15, 0.2) is 48.8 Å². The number of amides is 1. The minimum Gasteiger partial charge on any atom is -0.463 e. The molecule has 176 valence electrons.